The lowest BCUT2D eigenvalue weighted by atomic mass is 10.2. The number of halogens is 1. The second-order valence-electron chi connectivity index (χ2n) is 3.30. The number of nitrogens with one attached hydrogen (secondary N) is 1. The smallest absolute Gasteiger partial charge is 0.252 e. The molecular formula is C10H11FN2O3. The Morgan fingerprint density at radius 2 is 2.06 bits per heavy atom. The van der Waals surface area contributed by atoms with E-state index in [0.29, 0.717) is 0 Å². The number of aromatic hydroxyl groups is 1. The number of primary amides is 1. The van der Waals surface area contributed by atoms with Gasteiger partial charge in [-0.15, -0.1) is 0 Å². The number of rotatable bonds is 3. The third-order valence-corrected chi connectivity index (χ3v) is 1.92. The van der Waals surface area contributed by atoms with Gasteiger partial charge in [-0.25, -0.2) is 4.39 Å². The molecule has 0 aliphatic rings. The van der Waals surface area contributed by atoms with E-state index in [-0.39, 0.29) is 11.3 Å². The van der Waals surface area contributed by atoms with Crippen LogP contribution in [0.15, 0.2) is 18.2 Å². The molecular weight excluding hydrogens is 215 g/mol. The summed E-state index contributed by atoms with van der Waals surface area (Å²) in [5.41, 5.74) is 4.87. The van der Waals surface area contributed by atoms with E-state index in [0.717, 1.165) is 18.2 Å². The summed E-state index contributed by atoms with van der Waals surface area (Å²) in [5, 5.41) is 11.3. The predicted octanol–water partition coefficient (Wildman–Crippen LogP) is 0.135. The molecule has 86 valence electrons. The molecule has 1 atom stereocenters. The lowest BCUT2D eigenvalue weighted by Gasteiger charge is -2.10. The van der Waals surface area contributed by atoms with Crippen LogP contribution in [0.1, 0.15) is 17.3 Å². The van der Waals surface area contributed by atoms with Crippen LogP contribution in [0, 0.1) is 5.82 Å². The van der Waals surface area contributed by atoms with E-state index in [9.17, 15) is 14.0 Å². The summed E-state index contributed by atoms with van der Waals surface area (Å²) in [6.07, 6.45) is 0. The Kier molecular flexibility index (Phi) is 3.44. The molecule has 0 aliphatic carbocycles. The normalized spacial score (nSPS) is 11.9. The molecule has 0 saturated heterocycles. The second-order valence-corrected chi connectivity index (χ2v) is 3.30. The number of phenolic OH excluding ortho intramolecular Hbond substituents is 1. The number of phenols is 1. The van der Waals surface area contributed by atoms with Gasteiger partial charge in [-0.1, -0.05) is 0 Å². The maximum atomic E-state index is 12.9. The number of carbonyl (C=O) groups is 2. The molecule has 0 aliphatic heterocycles. The van der Waals surface area contributed by atoms with Gasteiger partial charge in [0.2, 0.25) is 5.91 Å². The van der Waals surface area contributed by atoms with Crippen LogP contribution >= 0.6 is 0 Å². The van der Waals surface area contributed by atoms with Crippen molar-refractivity contribution in [2.45, 2.75) is 13.0 Å². The highest BCUT2D eigenvalue weighted by molar-refractivity contribution is 5.97. The first kappa shape index (κ1) is 12.0. The first-order valence-corrected chi connectivity index (χ1v) is 4.50. The minimum absolute atomic E-state index is 0.0781. The Morgan fingerprint density at radius 1 is 1.44 bits per heavy atom. The summed E-state index contributed by atoms with van der Waals surface area (Å²) in [4.78, 5) is 22.2. The maximum absolute atomic E-state index is 12.9. The standard InChI is InChI=1S/C10H11FN2O3/c1-5(9(12)15)13-10(16)6-2-7(11)4-8(14)3-6/h2-5,14H,1H3,(H2,12,15)(H,13,16). The lowest BCUT2D eigenvalue weighted by Crippen LogP contribution is -2.42. The van der Waals surface area contributed by atoms with Gasteiger partial charge in [0.05, 0.1) is 0 Å². The third kappa shape index (κ3) is 2.94. The van der Waals surface area contributed by atoms with Gasteiger partial charge < -0.3 is 16.2 Å². The first-order chi connectivity index (χ1) is 7.40. The average molecular weight is 226 g/mol. The molecule has 1 aromatic carbocycles. The molecule has 1 rings (SSSR count). The number of hydrogen-bond donors (Lipinski definition) is 3. The van der Waals surface area contributed by atoms with Gasteiger partial charge in [0.15, 0.2) is 0 Å². The third-order valence-electron chi connectivity index (χ3n) is 1.92. The lowest BCUT2D eigenvalue weighted by molar-refractivity contribution is -0.119. The van der Waals surface area contributed by atoms with Crippen molar-refractivity contribution in [3.63, 3.8) is 0 Å². The van der Waals surface area contributed by atoms with Gasteiger partial charge in [-0.05, 0) is 19.1 Å². The molecule has 6 heteroatoms. The fourth-order valence-corrected chi connectivity index (χ4v) is 1.06. The molecule has 16 heavy (non-hydrogen) atoms. The number of nitrogens with two attached hydrogens (primary N) is 1. The van der Waals surface area contributed by atoms with Gasteiger partial charge in [-0.3, -0.25) is 9.59 Å². The number of hydrogen-bond acceptors (Lipinski definition) is 3. The molecule has 1 unspecified atom stereocenters. The fourth-order valence-electron chi connectivity index (χ4n) is 1.06. The molecule has 2 amide bonds. The molecule has 0 aromatic heterocycles. The number of carbonyl (C=O) groups excluding carboxylic acids is 2. The van der Waals surface area contributed by atoms with Crippen molar-refractivity contribution < 1.29 is 19.1 Å². The highest BCUT2D eigenvalue weighted by Gasteiger charge is 2.14. The van der Waals surface area contributed by atoms with E-state index in [1.807, 2.05) is 0 Å². The highest BCUT2D eigenvalue weighted by Crippen LogP contribution is 2.14. The van der Waals surface area contributed by atoms with Gasteiger partial charge in [0, 0.05) is 11.6 Å². The maximum Gasteiger partial charge on any atom is 0.252 e. The molecule has 0 bridgehead atoms. The molecule has 1 aromatic rings. The van der Waals surface area contributed by atoms with Crippen molar-refractivity contribution in [2.75, 3.05) is 0 Å². The van der Waals surface area contributed by atoms with E-state index in [1.165, 1.54) is 6.92 Å². The van der Waals surface area contributed by atoms with Gasteiger partial charge >= 0.3 is 0 Å². The largest absolute Gasteiger partial charge is 0.508 e. The molecule has 0 heterocycles. The van der Waals surface area contributed by atoms with Crippen LogP contribution < -0.4 is 11.1 Å². The van der Waals surface area contributed by atoms with Gasteiger partial charge in [-0.2, -0.15) is 0 Å². The van der Waals surface area contributed by atoms with Gasteiger partial charge in [0.25, 0.3) is 5.91 Å². The van der Waals surface area contributed by atoms with Crippen LogP contribution in [0.25, 0.3) is 0 Å². The van der Waals surface area contributed by atoms with Gasteiger partial charge in [0.1, 0.15) is 17.6 Å². The Bertz CT molecular complexity index is 414. The minimum Gasteiger partial charge on any atom is -0.508 e. The van der Waals surface area contributed by atoms with E-state index < -0.39 is 23.7 Å². The van der Waals surface area contributed by atoms with E-state index >= 15 is 0 Å². The van der Waals surface area contributed by atoms with E-state index in [1.54, 1.807) is 0 Å². The second kappa shape index (κ2) is 4.61. The molecule has 0 fully saturated rings. The van der Waals surface area contributed by atoms with Crippen LogP contribution in [0.2, 0.25) is 0 Å². The minimum atomic E-state index is -0.863. The van der Waals surface area contributed by atoms with Crippen molar-refractivity contribution in [3.05, 3.63) is 29.6 Å². The summed E-state index contributed by atoms with van der Waals surface area (Å²) < 4.78 is 12.9. The Hall–Kier alpha value is -2.11. The summed E-state index contributed by atoms with van der Waals surface area (Å²) in [6, 6.07) is 2.04. The summed E-state index contributed by atoms with van der Waals surface area (Å²) >= 11 is 0. The highest BCUT2D eigenvalue weighted by atomic mass is 19.1. The Balaban J connectivity index is 2.84. The summed E-state index contributed by atoms with van der Waals surface area (Å²) in [7, 11) is 0. The van der Waals surface area contributed by atoms with Crippen molar-refractivity contribution in [1.29, 1.82) is 0 Å². The zero-order valence-corrected chi connectivity index (χ0v) is 8.53. The van der Waals surface area contributed by atoms with Crippen LogP contribution in [0.4, 0.5) is 4.39 Å². The molecule has 0 saturated carbocycles. The monoisotopic (exact) mass is 226 g/mol. The van der Waals surface area contributed by atoms with E-state index in [2.05, 4.69) is 5.32 Å². The summed E-state index contributed by atoms with van der Waals surface area (Å²) in [5.74, 6) is -2.48. The van der Waals surface area contributed by atoms with Crippen LogP contribution in [-0.2, 0) is 4.79 Å². The molecule has 0 spiro atoms. The molecule has 0 radical (unpaired) electrons. The first-order valence-electron chi connectivity index (χ1n) is 4.50. The van der Waals surface area contributed by atoms with Crippen LogP contribution in [0.3, 0.4) is 0 Å². The SMILES string of the molecule is CC(NC(=O)c1cc(O)cc(F)c1)C(N)=O. The topological polar surface area (TPSA) is 92.4 Å². The number of benzene rings is 1. The Labute approximate surface area is 91.1 Å². The number of amides is 2. The van der Waals surface area contributed by atoms with Crippen molar-refractivity contribution in [3.8, 4) is 5.75 Å². The predicted molar refractivity (Wildman–Crippen MR) is 54.2 cm³/mol. The quantitative estimate of drug-likeness (QED) is 0.684. The molecule has 5 nitrogen and oxygen atoms in total. The fraction of sp³-hybridized carbons (Fsp3) is 0.200. The van der Waals surface area contributed by atoms with Crippen LogP contribution in [0.5, 0.6) is 5.75 Å². The van der Waals surface area contributed by atoms with Crippen molar-refractivity contribution in [1.82, 2.24) is 5.32 Å². The van der Waals surface area contributed by atoms with Crippen LogP contribution in [-0.4, -0.2) is 23.0 Å². The summed E-state index contributed by atoms with van der Waals surface area (Å²) in [6.45, 7) is 1.40. The van der Waals surface area contributed by atoms with Crippen molar-refractivity contribution >= 4 is 11.8 Å². The van der Waals surface area contributed by atoms with E-state index in [4.69, 9.17) is 10.8 Å². The Morgan fingerprint density at radius 3 is 2.56 bits per heavy atom. The zero-order chi connectivity index (χ0) is 12.3. The zero-order valence-electron chi connectivity index (χ0n) is 8.53. The average Bonchev–Trinajstić information content (AvgIpc) is 2.15. The van der Waals surface area contributed by atoms with Crippen molar-refractivity contribution in [2.24, 2.45) is 5.73 Å². The molecule has 4 N–H and O–H groups in total.